The molecule has 200 valence electrons. The molecule has 0 radical (unpaired) electrons. The quantitative estimate of drug-likeness (QED) is 0.346. The molecule has 0 aliphatic rings. The molecule has 0 spiro atoms. The number of carbonyl (C=O) groups excluding carboxylic acids is 1. The van der Waals surface area contributed by atoms with E-state index in [1.54, 1.807) is 35.1 Å². The van der Waals surface area contributed by atoms with Gasteiger partial charge in [-0.1, -0.05) is 12.1 Å². The highest BCUT2D eigenvalue weighted by Gasteiger charge is 2.38. The number of benzene rings is 1. The minimum absolute atomic E-state index is 0.0796. The molecule has 0 bridgehead atoms. The Morgan fingerprint density at radius 3 is 2.18 bits per heavy atom. The van der Waals surface area contributed by atoms with Gasteiger partial charge in [-0.3, -0.25) is 9.78 Å². The molecule has 4 rings (SSSR count). The number of nitrogens with zero attached hydrogens (tertiary/aromatic N) is 3. The highest BCUT2D eigenvalue weighted by atomic mass is 19.4. The average molecular weight is 544 g/mol. The molecule has 3 aromatic heterocycles. The predicted molar refractivity (Wildman–Crippen MR) is 116 cm³/mol. The topological polar surface area (TPSA) is 106 Å². The van der Waals surface area contributed by atoms with Crippen LogP contribution in [-0.2, 0) is 4.79 Å². The number of imidazole rings is 1. The Hall–Kier alpha value is -4.69. The van der Waals surface area contributed by atoms with E-state index in [-0.39, 0.29) is 11.3 Å². The largest absolute Gasteiger partial charge is 0.573 e. The van der Waals surface area contributed by atoms with Gasteiger partial charge in [-0.05, 0) is 42.0 Å². The molecule has 1 amide bonds. The molecule has 0 aliphatic carbocycles. The van der Waals surface area contributed by atoms with Gasteiger partial charge < -0.3 is 19.6 Å². The molecule has 0 saturated carbocycles. The molecule has 0 fully saturated rings. The zero-order valence-electron chi connectivity index (χ0n) is 18.7. The summed E-state index contributed by atoms with van der Waals surface area (Å²) < 4.78 is 89.0. The molecule has 38 heavy (non-hydrogen) atoms. The summed E-state index contributed by atoms with van der Waals surface area (Å²) in [5, 5.41) is 9.82. The van der Waals surface area contributed by atoms with Gasteiger partial charge in [0, 0.05) is 24.8 Å². The van der Waals surface area contributed by atoms with Crippen LogP contribution < -0.4 is 10.1 Å². The molecule has 1 atom stereocenters. The van der Waals surface area contributed by atoms with E-state index in [9.17, 15) is 35.5 Å². The van der Waals surface area contributed by atoms with Crippen LogP contribution in [-0.4, -0.2) is 43.9 Å². The Morgan fingerprint density at radius 2 is 1.61 bits per heavy atom. The van der Waals surface area contributed by atoms with E-state index in [1.165, 1.54) is 30.5 Å². The maximum absolute atomic E-state index is 14.4. The Bertz CT molecular complexity index is 1420. The van der Waals surface area contributed by atoms with Gasteiger partial charge in [0.05, 0.1) is 11.6 Å². The number of halogens is 7. The molecule has 15 heteroatoms. The van der Waals surface area contributed by atoms with Crippen molar-refractivity contribution in [3.63, 3.8) is 0 Å². The van der Waals surface area contributed by atoms with Crippen LogP contribution in [0.2, 0.25) is 0 Å². The van der Waals surface area contributed by atoms with Crippen LogP contribution in [0.15, 0.2) is 73.3 Å². The first-order chi connectivity index (χ1) is 17.7. The summed E-state index contributed by atoms with van der Waals surface area (Å²) in [6.45, 7) is 0. The number of fused-ring (bicyclic) bond motifs is 1. The lowest BCUT2D eigenvalue weighted by Crippen LogP contribution is -2.30. The fourth-order valence-corrected chi connectivity index (χ4v) is 3.05. The molecular weight excluding hydrogens is 529 g/mol. The first-order valence-electron chi connectivity index (χ1n) is 10.2. The molecule has 0 saturated heterocycles. The molecule has 1 aromatic carbocycles. The first kappa shape index (κ1) is 27.9. The van der Waals surface area contributed by atoms with Gasteiger partial charge in [0.1, 0.15) is 22.9 Å². The summed E-state index contributed by atoms with van der Waals surface area (Å²) in [5.41, 5.74) is 1.17. The molecule has 1 unspecified atom stereocenters. The normalized spacial score (nSPS) is 12.3. The third-order valence-electron chi connectivity index (χ3n) is 4.68. The lowest BCUT2D eigenvalue weighted by Gasteiger charge is -2.20. The van der Waals surface area contributed by atoms with E-state index in [4.69, 9.17) is 9.90 Å². The fraction of sp³-hybridized carbons (Fsp3) is 0.130. The van der Waals surface area contributed by atoms with Gasteiger partial charge in [0.2, 0.25) is 0 Å². The van der Waals surface area contributed by atoms with Crippen LogP contribution in [0.3, 0.4) is 0 Å². The number of pyridine rings is 2. The smallest absolute Gasteiger partial charge is 0.475 e. The van der Waals surface area contributed by atoms with Crippen molar-refractivity contribution < 1.29 is 50.2 Å². The number of alkyl halides is 6. The summed E-state index contributed by atoms with van der Waals surface area (Å²) in [6.07, 6.45) is -3.76. The standard InChI is InChI=1S/C21H14F4N4O2.C2HF3O2/c22-16-2-1-9-27-19(16)18(13-3-6-15(7-4-13)31-21(23,24)25)28-20(30)14-5-8-17-26-10-11-29(17)12-14;3-2(4,5)1(6)7/h1-12,18H,(H,28,30);(H,6,7). The average Bonchev–Trinajstić information content (AvgIpc) is 3.30. The highest BCUT2D eigenvalue weighted by Crippen LogP contribution is 2.28. The van der Waals surface area contributed by atoms with Crippen LogP contribution in [0, 0.1) is 5.82 Å². The van der Waals surface area contributed by atoms with Crippen molar-refractivity contribution in [3.05, 3.63) is 96.0 Å². The van der Waals surface area contributed by atoms with E-state index in [0.29, 0.717) is 11.2 Å². The highest BCUT2D eigenvalue weighted by molar-refractivity contribution is 5.94. The number of rotatable bonds is 5. The molecular formula is C23H15F7N4O4. The maximum atomic E-state index is 14.4. The van der Waals surface area contributed by atoms with E-state index < -0.39 is 42.0 Å². The molecule has 2 N–H and O–H groups in total. The van der Waals surface area contributed by atoms with Crippen LogP contribution in [0.4, 0.5) is 30.7 Å². The number of nitrogens with one attached hydrogen (secondary N) is 1. The zero-order chi connectivity index (χ0) is 28.1. The van der Waals surface area contributed by atoms with Crippen molar-refractivity contribution in [2.24, 2.45) is 0 Å². The van der Waals surface area contributed by atoms with Gasteiger partial charge in [-0.15, -0.1) is 13.2 Å². The summed E-state index contributed by atoms with van der Waals surface area (Å²) in [6, 6.07) is 9.51. The summed E-state index contributed by atoms with van der Waals surface area (Å²) in [4.78, 5) is 29.9. The Kier molecular flexibility index (Phi) is 8.18. The number of carbonyl (C=O) groups is 2. The molecule has 8 nitrogen and oxygen atoms in total. The van der Waals surface area contributed by atoms with Crippen molar-refractivity contribution in [3.8, 4) is 5.75 Å². The third-order valence-corrected chi connectivity index (χ3v) is 4.68. The second kappa shape index (κ2) is 11.1. The van der Waals surface area contributed by atoms with E-state index in [1.807, 2.05) is 0 Å². The Balaban J connectivity index is 0.000000505. The third kappa shape index (κ3) is 7.41. The summed E-state index contributed by atoms with van der Waals surface area (Å²) >= 11 is 0. The lowest BCUT2D eigenvalue weighted by atomic mass is 10.0. The van der Waals surface area contributed by atoms with Crippen LogP contribution in [0.5, 0.6) is 5.75 Å². The van der Waals surface area contributed by atoms with Gasteiger partial charge in [0.15, 0.2) is 0 Å². The molecule has 0 aliphatic heterocycles. The van der Waals surface area contributed by atoms with Gasteiger partial charge >= 0.3 is 18.5 Å². The number of hydrogen-bond donors (Lipinski definition) is 2. The van der Waals surface area contributed by atoms with Crippen LogP contribution in [0.25, 0.3) is 5.65 Å². The van der Waals surface area contributed by atoms with Crippen molar-refractivity contribution in [2.75, 3.05) is 0 Å². The SMILES string of the molecule is O=C(NC(c1ccc(OC(F)(F)F)cc1)c1ncccc1F)c1ccc2nccn2c1.O=C(O)C(F)(F)F. The predicted octanol–water partition coefficient (Wildman–Crippen LogP) is 4.92. The van der Waals surface area contributed by atoms with Gasteiger partial charge in [-0.2, -0.15) is 13.2 Å². The van der Waals surface area contributed by atoms with E-state index in [0.717, 1.165) is 12.1 Å². The summed E-state index contributed by atoms with van der Waals surface area (Å²) in [5.74, 6) is -4.39. The second-order valence-electron chi connectivity index (χ2n) is 7.31. The van der Waals surface area contributed by atoms with E-state index in [2.05, 4.69) is 20.0 Å². The van der Waals surface area contributed by atoms with Crippen molar-refractivity contribution in [2.45, 2.75) is 18.6 Å². The minimum Gasteiger partial charge on any atom is -0.475 e. The Morgan fingerprint density at radius 1 is 0.947 bits per heavy atom. The zero-order valence-corrected chi connectivity index (χ0v) is 18.7. The number of hydrogen-bond acceptors (Lipinski definition) is 5. The summed E-state index contributed by atoms with van der Waals surface area (Å²) in [7, 11) is 0. The number of carboxylic acid groups (broad SMARTS) is 1. The number of aliphatic carboxylic acids is 1. The number of amides is 1. The number of aromatic nitrogens is 3. The fourth-order valence-electron chi connectivity index (χ4n) is 3.05. The van der Waals surface area contributed by atoms with Gasteiger partial charge in [-0.25, -0.2) is 14.2 Å². The van der Waals surface area contributed by atoms with Crippen molar-refractivity contribution in [1.29, 1.82) is 0 Å². The maximum Gasteiger partial charge on any atom is 0.573 e. The van der Waals surface area contributed by atoms with E-state index >= 15 is 0 Å². The molecule has 4 aromatic rings. The van der Waals surface area contributed by atoms with Crippen LogP contribution in [0.1, 0.15) is 27.7 Å². The monoisotopic (exact) mass is 544 g/mol. The number of ether oxygens (including phenoxy) is 1. The van der Waals surface area contributed by atoms with Gasteiger partial charge in [0.25, 0.3) is 5.91 Å². The van der Waals surface area contributed by atoms with Crippen molar-refractivity contribution in [1.82, 2.24) is 19.7 Å². The Labute approximate surface area is 208 Å². The first-order valence-corrected chi connectivity index (χ1v) is 10.2. The van der Waals surface area contributed by atoms with Crippen LogP contribution >= 0.6 is 0 Å². The lowest BCUT2D eigenvalue weighted by molar-refractivity contribution is -0.274. The molecule has 3 heterocycles. The number of carboxylic acids is 1. The minimum atomic E-state index is -5.08. The van der Waals surface area contributed by atoms with Crippen molar-refractivity contribution >= 4 is 17.5 Å². The second-order valence-corrected chi connectivity index (χ2v) is 7.31.